The molecule has 0 bridgehead atoms. The minimum absolute atomic E-state index is 0.159. The average molecular weight is 270 g/mol. The monoisotopic (exact) mass is 270 g/mol. The average Bonchev–Trinajstić information content (AvgIpc) is 3.22. The molecule has 0 radical (unpaired) electrons. The molecular weight excluding hydrogens is 252 g/mol. The van der Waals surface area contributed by atoms with Crippen LogP contribution in [0.3, 0.4) is 0 Å². The summed E-state index contributed by atoms with van der Waals surface area (Å²) in [5.74, 6) is 0.426. The third-order valence-electron chi connectivity index (χ3n) is 3.68. The van der Waals surface area contributed by atoms with Crippen molar-refractivity contribution in [3.05, 3.63) is 41.5 Å². The standard InChI is InChI=1S/C15H18N4O/c1-3-10-9-16-7-6-12(10)17-15(20)13-8-14(11-4-5-11)19(2)18-13/h6-9,11H,3-5H2,1-2H3,(H,16,17,20). The molecule has 5 heteroatoms. The molecule has 5 nitrogen and oxygen atoms in total. The molecule has 0 unspecified atom stereocenters. The maximum Gasteiger partial charge on any atom is 0.276 e. The third-order valence-corrected chi connectivity index (χ3v) is 3.68. The lowest BCUT2D eigenvalue weighted by Gasteiger charge is -2.07. The van der Waals surface area contributed by atoms with E-state index in [1.165, 1.54) is 12.8 Å². The van der Waals surface area contributed by atoms with Gasteiger partial charge in [-0.3, -0.25) is 14.5 Å². The number of hydrogen-bond acceptors (Lipinski definition) is 3. The van der Waals surface area contributed by atoms with Gasteiger partial charge in [-0.05, 0) is 37.0 Å². The van der Waals surface area contributed by atoms with Gasteiger partial charge >= 0.3 is 0 Å². The molecular formula is C15H18N4O. The molecule has 1 aliphatic rings. The molecule has 1 fully saturated rings. The first-order valence-electron chi connectivity index (χ1n) is 6.97. The summed E-state index contributed by atoms with van der Waals surface area (Å²) in [4.78, 5) is 16.4. The van der Waals surface area contributed by atoms with E-state index in [0.717, 1.165) is 23.4 Å². The molecule has 0 aromatic carbocycles. The highest BCUT2D eigenvalue weighted by molar-refractivity contribution is 6.03. The Bertz CT molecular complexity index is 643. The largest absolute Gasteiger partial charge is 0.320 e. The number of pyridine rings is 1. The molecule has 0 aliphatic heterocycles. The van der Waals surface area contributed by atoms with E-state index in [9.17, 15) is 4.79 Å². The quantitative estimate of drug-likeness (QED) is 0.928. The number of hydrogen-bond donors (Lipinski definition) is 1. The van der Waals surface area contributed by atoms with Crippen LogP contribution in [0.1, 0.15) is 47.4 Å². The topological polar surface area (TPSA) is 59.8 Å². The smallest absolute Gasteiger partial charge is 0.276 e. The molecule has 1 N–H and O–H groups in total. The van der Waals surface area contributed by atoms with E-state index < -0.39 is 0 Å². The van der Waals surface area contributed by atoms with Crippen LogP contribution in [0.5, 0.6) is 0 Å². The molecule has 0 saturated heterocycles. The maximum atomic E-state index is 12.3. The van der Waals surface area contributed by atoms with Gasteiger partial charge in [0.2, 0.25) is 0 Å². The van der Waals surface area contributed by atoms with Crippen LogP contribution in [0, 0.1) is 0 Å². The number of carbonyl (C=O) groups excluding carboxylic acids is 1. The van der Waals surface area contributed by atoms with Crippen molar-refractivity contribution in [3.63, 3.8) is 0 Å². The lowest BCUT2D eigenvalue weighted by atomic mass is 10.2. The van der Waals surface area contributed by atoms with Crippen molar-refractivity contribution < 1.29 is 4.79 Å². The van der Waals surface area contributed by atoms with Crippen LogP contribution in [0.25, 0.3) is 0 Å². The molecule has 104 valence electrons. The highest BCUT2D eigenvalue weighted by Crippen LogP contribution is 2.39. The normalized spacial score (nSPS) is 14.3. The van der Waals surface area contributed by atoms with Gasteiger partial charge in [0.15, 0.2) is 5.69 Å². The van der Waals surface area contributed by atoms with Crippen LogP contribution in [0.4, 0.5) is 5.69 Å². The Kier molecular flexibility index (Phi) is 3.26. The molecule has 3 rings (SSSR count). The summed E-state index contributed by atoms with van der Waals surface area (Å²) in [5, 5.41) is 7.24. The molecule has 2 aromatic rings. The second-order valence-electron chi connectivity index (χ2n) is 5.19. The highest BCUT2D eigenvalue weighted by atomic mass is 16.1. The third kappa shape index (κ3) is 2.43. The summed E-state index contributed by atoms with van der Waals surface area (Å²) in [6.07, 6.45) is 6.70. The molecule has 20 heavy (non-hydrogen) atoms. The van der Waals surface area contributed by atoms with Crippen molar-refractivity contribution in [3.8, 4) is 0 Å². The van der Waals surface area contributed by atoms with Crippen molar-refractivity contribution in [1.82, 2.24) is 14.8 Å². The van der Waals surface area contributed by atoms with Gasteiger partial charge in [-0.1, -0.05) is 6.92 Å². The van der Waals surface area contributed by atoms with Crippen LogP contribution >= 0.6 is 0 Å². The molecule has 2 heterocycles. The molecule has 0 spiro atoms. The summed E-state index contributed by atoms with van der Waals surface area (Å²) in [7, 11) is 1.90. The number of amides is 1. The number of aromatic nitrogens is 3. The Morgan fingerprint density at radius 2 is 2.30 bits per heavy atom. The number of carbonyl (C=O) groups is 1. The van der Waals surface area contributed by atoms with Crippen molar-refractivity contribution in [1.29, 1.82) is 0 Å². The van der Waals surface area contributed by atoms with Crippen LogP contribution < -0.4 is 5.32 Å². The zero-order valence-corrected chi connectivity index (χ0v) is 11.8. The minimum atomic E-state index is -0.159. The van der Waals surface area contributed by atoms with Crippen molar-refractivity contribution in [2.24, 2.45) is 7.05 Å². The molecule has 1 amide bonds. The Labute approximate surface area is 118 Å². The number of nitrogens with one attached hydrogen (secondary N) is 1. The van der Waals surface area contributed by atoms with Gasteiger partial charge in [0, 0.05) is 36.7 Å². The van der Waals surface area contributed by atoms with E-state index in [2.05, 4.69) is 15.4 Å². The predicted molar refractivity (Wildman–Crippen MR) is 76.8 cm³/mol. The van der Waals surface area contributed by atoms with Crippen molar-refractivity contribution in [2.75, 3.05) is 5.32 Å². The molecule has 1 aliphatic carbocycles. The van der Waals surface area contributed by atoms with Gasteiger partial charge in [0.25, 0.3) is 5.91 Å². The number of aryl methyl sites for hydroxylation is 2. The van der Waals surface area contributed by atoms with E-state index in [1.807, 2.05) is 30.8 Å². The first-order valence-corrected chi connectivity index (χ1v) is 6.97. The van der Waals surface area contributed by atoms with Crippen LogP contribution in [0.2, 0.25) is 0 Å². The number of nitrogens with zero attached hydrogens (tertiary/aromatic N) is 3. The van der Waals surface area contributed by atoms with Crippen molar-refractivity contribution in [2.45, 2.75) is 32.1 Å². The Balaban J connectivity index is 1.80. The number of anilines is 1. The summed E-state index contributed by atoms with van der Waals surface area (Å²) in [6.45, 7) is 2.04. The van der Waals surface area contributed by atoms with Gasteiger partial charge < -0.3 is 5.32 Å². The zero-order valence-electron chi connectivity index (χ0n) is 11.8. The van der Waals surface area contributed by atoms with Gasteiger partial charge in [-0.25, -0.2) is 0 Å². The van der Waals surface area contributed by atoms with E-state index >= 15 is 0 Å². The second-order valence-corrected chi connectivity index (χ2v) is 5.19. The van der Waals surface area contributed by atoms with Crippen molar-refractivity contribution >= 4 is 11.6 Å². The molecule has 2 aromatic heterocycles. The molecule has 1 saturated carbocycles. The van der Waals surface area contributed by atoms with Crippen LogP contribution in [0.15, 0.2) is 24.5 Å². The Morgan fingerprint density at radius 1 is 1.50 bits per heavy atom. The summed E-state index contributed by atoms with van der Waals surface area (Å²) in [5.41, 5.74) is 3.47. The molecule has 0 atom stereocenters. The maximum absolute atomic E-state index is 12.3. The van der Waals surface area contributed by atoms with Gasteiger partial charge in [0.05, 0.1) is 0 Å². The minimum Gasteiger partial charge on any atom is -0.320 e. The van der Waals surface area contributed by atoms with E-state index in [4.69, 9.17) is 0 Å². The van der Waals surface area contributed by atoms with Gasteiger partial charge in [-0.2, -0.15) is 5.10 Å². The zero-order chi connectivity index (χ0) is 14.1. The highest BCUT2D eigenvalue weighted by Gasteiger charge is 2.28. The van der Waals surface area contributed by atoms with Crippen LogP contribution in [-0.4, -0.2) is 20.7 Å². The summed E-state index contributed by atoms with van der Waals surface area (Å²) >= 11 is 0. The fourth-order valence-electron chi connectivity index (χ4n) is 2.37. The lowest BCUT2D eigenvalue weighted by molar-refractivity contribution is 0.102. The fourth-order valence-corrected chi connectivity index (χ4v) is 2.37. The first kappa shape index (κ1) is 12.8. The predicted octanol–water partition coefficient (Wildman–Crippen LogP) is 2.51. The van der Waals surface area contributed by atoms with E-state index in [-0.39, 0.29) is 5.91 Å². The number of rotatable bonds is 4. The fraction of sp³-hybridized carbons (Fsp3) is 0.400. The van der Waals surface area contributed by atoms with Gasteiger partial charge in [-0.15, -0.1) is 0 Å². The lowest BCUT2D eigenvalue weighted by Crippen LogP contribution is -2.14. The SMILES string of the molecule is CCc1cnccc1NC(=O)c1cc(C2CC2)n(C)n1. The first-order chi connectivity index (χ1) is 9.69. The summed E-state index contributed by atoms with van der Waals surface area (Å²) < 4.78 is 1.82. The van der Waals surface area contributed by atoms with E-state index in [1.54, 1.807) is 12.4 Å². The van der Waals surface area contributed by atoms with Crippen LogP contribution in [-0.2, 0) is 13.5 Å². The van der Waals surface area contributed by atoms with E-state index in [0.29, 0.717) is 11.6 Å². The Morgan fingerprint density at radius 3 is 3.00 bits per heavy atom. The second kappa shape index (κ2) is 5.07. The van der Waals surface area contributed by atoms with Gasteiger partial charge in [0.1, 0.15) is 0 Å². The summed E-state index contributed by atoms with van der Waals surface area (Å²) in [6, 6.07) is 3.72. The Hall–Kier alpha value is -2.17.